The Labute approximate surface area is 155 Å². The molecule has 1 heterocycles. The van der Waals surface area contributed by atoms with Gasteiger partial charge in [-0.2, -0.15) is 11.8 Å². The van der Waals surface area contributed by atoms with Crippen molar-refractivity contribution in [2.24, 2.45) is 4.99 Å². The van der Waals surface area contributed by atoms with Crippen molar-refractivity contribution < 1.29 is 8.42 Å². The first-order valence-corrected chi connectivity index (χ1v) is 11.1. The van der Waals surface area contributed by atoms with Gasteiger partial charge in [0.2, 0.25) is 10.0 Å². The Morgan fingerprint density at radius 3 is 2.48 bits per heavy atom. The fraction of sp³-hybridized carbons (Fsp3) is 0.588. The van der Waals surface area contributed by atoms with Crippen LogP contribution in [0, 0.1) is 0 Å². The predicted molar refractivity (Wildman–Crippen MR) is 106 cm³/mol. The number of thioether (sulfide) groups is 1. The van der Waals surface area contributed by atoms with Crippen LogP contribution in [0.15, 0.2) is 29.3 Å². The summed E-state index contributed by atoms with van der Waals surface area (Å²) in [4.78, 5) is 4.27. The molecule has 0 aromatic heterocycles. The van der Waals surface area contributed by atoms with Crippen molar-refractivity contribution in [3.63, 3.8) is 0 Å². The topological polar surface area (TPSA) is 82.6 Å². The van der Waals surface area contributed by atoms with E-state index >= 15 is 0 Å². The Kier molecular flexibility index (Phi) is 7.15. The van der Waals surface area contributed by atoms with Crippen LogP contribution in [0.5, 0.6) is 0 Å². The van der Waals surface area contributed by atoms with Crippen LogP contribution in [0.3, 0.4) is 0 Å². The van der Waals surface area contributed by atoms with Gasteiger partial charge in [-0.1, -0.05) is 24.3 Å². The van der Waals surface area contributed by atoms with Crippen molar-refractivity contribution in [2.75, 3.05) is 26.4 Å². The molecule has 0 bridgehead atoms. The molecular formula is C17H28N4O2S2. The lowest BCUT2D eigenvalue weighted by Gasteiger charge is -2.24. The fourth-order valence-electron chi connectivity index (χ4n) is 2.70. The molecule has 1 unspecified atom stereocenters. The number of hydrogen-bond acceptors (Lipinski definition) is 4. The van der Waals surface area contributed by atoms with E-state index in [4.69, 9.17) is 0 Å². The summed E-state index contributed by atoms with van der Waals surface area (Å²) in [7, 11) is -0.0368. The van der Waals surface area contributed by atoms with Gasteiger partial charge in [-0.05, 0) is 43.7 Å². The maximum Gasteiger partial charge on any atom is 0.215 e. The minimum Gasteiger partial charge on any atom is -0.355 e. The zero-order valence-corrected chi connectivity index (χ0v) is 16.8. The monoisotopic (exact) mass is 384 g/mol. The second-order valence-corrected chi connectivity index (χ2v) is 10.1. The Bertz CT molecular complexity index is 681. The molecule has 1 atom stereocenters. The zero-order valence-electron chi connectivity index (χ0n) is 15.1. The van der Waals surface area contributed by atoms with Crippen LogP contribution in [0.25, 0.3) is 0 Å². The maximum atomic E-state index is 11.6. The third-order valence-electron chi connectivity index (χ3n) is 4.30. The molecule has 2 rings (SSSR count). The fourth-order valence-corrected chi connectivity index (χ4v) is 4.72. The summed E-state index contributed by atoms with van der Waals surface area (Å²) in [6.07, 6.45) is 2.52. The molecule has 1 aliphatic heterocycles. The van der Waals surface area contributed by atoms with Crippen molar-refractivity contribution in [1.29, 1.82) is 0 Å². The van der Waals surface area contributed by atoms with E-state index in [9.17, 15) is 8.42 Å². The number of nitrogens with zero attached hydrogens (tertiary/aromatic N) is 1. The summed E-state index contributed by atoms with van der Waals surface area (Å²) >= 11 is 2.02. The number of hydrogen-bond donors (Lipinski definition) is 3. The van der Waals surface area contributed by atoms with Crippen molar-refractivity contribution in [3.8, 4) is 0 Å². The summed E-state index contributed by atoms with van der Waals surface area (Å²) in [5.74, 6) is 2.02. The third kappa shape index (κ3) is 6.52. The summed E-state index contributed by atoms with van der Waals surface area (Å²) in [6.45, 7) is 3.84. The van der Waals surface area contributed by atoms with Crippen LogP contribution in [-0.2, 0) is 22.3 Å². The van der Waals surface area contributed by atoms with E-state index in [1.165, 1.54) is 25.6 Å². The molecule has 1 aliphatic rings. The number of benzene rings is 1. The van der Waals surface area contributed by atoms with Crippen LogP contribution in [0.2, 0.25) is 0 Å². The van der Waals surface area contributed by atoms with Gasteiger partial charge in [0.05, 0.1) is 5.75 Å². The highest BCUT2D eigenvalue weighted by atomic mass is 32.2. The highest BCUT2D eigenvalue weighted by molar-refractivity contribution is 8.00. The highest BCUT2D eigenvalue weighted by Gasteiger charge is 2.29. The van der Waals surface area contributed by atoms with Crippen LogP contribution in [0.4, 0.5) is 0 Å². The minimum atomic E-state index is -3.23. The largest absolute Gasteiger partial charge is 0.355 e. The Morgan fingerprint density at radius 2 is 1.92 bits per heavy atom. The molecule has 0 spiro atoms. The molecule has 1 aromatic rings. The highest BCUT2D eigenvalue weighted by Crippen LogP contribution is 2.36. The van der Waals surface area contributed by atoms with E-state index in [1.807, 2.05) is 36.0 Å². The molecule has 0 saturated carbocycles. The molecule has 0 radical (unpaired) electrons. The summed E-state index contributed by atoms with van der Waals surface area (Å²) in [6, 6.07) is 7.57. The van der Waals surface area contributed by atoms with Gasteiger partial charge in [-0.3, -0.25) is 4.99 Å². The number of rotatable bonds is 7. The Hall–Kier alpha value is -1.25. The van der Waals surface area contributed by atoms with Crippen molar-refractivity contribution in [2.45, 2.75) is 36.8 Å². The van der Waals surface area contributed by atoms with E-state index in [-0.39, 0.29) is 10.5 Å². The molecule has 1 aromatic carbocycles. The normalized spacial score (nSPS) is 21.3. The molecule has 0 aliphatic carbocycles. The molecule has 140 valence electrons. The van der Waals surface area contributed by atoms with Gasteiger partial charge in [-0.25, -0.2) is 13.1 Å². The smallest absolute Gasteiger partial charge is 0.215 e. The van der Waals surface area contributed by atoms with Gasteiger partial charge in [-0.15, -0.1) is 0 Å². The van der Waals surface area contributed by atoms with Crippen molar-refractivity contribution in [3.05, 3.63) is 35.4 Å². The van der Waals surface area contributed by atoms with Gasteiger partial charge < -0.3 is 10.6 Å². The third-order valence-corrected chi connectivity index (χ3v) is 7.18. The molecule has 6 nitrogen and oxygen atoms in total. The van der Waals surface area contributed by atoms with E-state index < -0.39 is 10.0 Å². The van der Waals surface area contributed by atoms with Gasteiger partial charge in [0.15, 0.2) is 5.96 Å². The molecular weight excluding hydrogens is 356 g/mol. The van der Waals surface area contributed by atoms with Crippen LogP contribution in [0.1, 0.15) is 30.9 Å². The molecule has 25 heavy (non-hydrogen) atoms. The van der Waals surface area contributed by atoms with Crippen LogP contribution in [-0.4, -0.2) is 45.5 Å². The Morgan fingerprint density at radius 1 is 1.24 bits per heavy atom. The number of aliphatic imine (C=N–C) groups is 1. The first-order chi connectivity index (χ1) is 11.9. The van der Waals surface area contributed by atoms with Gasteiger partial charge >= 0.3 is 0 Å². The minimum absolute atomic E-state index is 0.00329. The summed E-state index contributed by atoms with van der Waals surface area (Å²) < 4.78 is 25.7. The van der Waals surface area contributed by atoms with E-state index in [0.29, 0.717) is 6.54 Å². The molecule has 1 fully saturated rings. The summed E-state index contributed by atoms with van der Waals surface area (Å²) in [5, 5.41) is 6.71. The van der Waals surface area contributed by atoms with E-state index in [2.05, 4.69) is 27.3 Å². The first kappa shape index (κ1) is 20.1. The number of sulfonamides is 1. The maximum absolute atomic E-state index is 11.6. The predicted octanol–water partition coefficient (Wildman–Crippen LogP) is 1.69. The van der Waals surface area contributed by atoms with Gasteiger partial charge in [0, 0.05) is 24.9 Å². The second-order valence-electron chi connectivity index (χ2n) is 6.46. The standard InChI is InChI=1S/C17H28N4O2S2/c1-17(9-4-10-24-17)13-21-16(18-2)20-11-14-5-7-15(8-6-14)12-25(22,23)19-3/h5-8,19H,4,9-13H2,1-3H3,(H2,18,20,21). The van der Waals surface area contributed by atoms with Gasteiger partial charge in [0.25, 0.3) is 0 Å². The van der Waals surface area contributed by atoms with Crippen molar-refractivity contribution in [1.82, 2.24) is 15.4 Å². The molecule has 3 N–H and O–H groups in total. The second kappa shape index (κ2) is 8.91. The first-order valence-electron chi connectivity index (χ1n) is 8.43. The lowest BCUT2D eigenvalue weighted by Crippen LogP contribution is -2.43. The number of guanidine groups is 1. The number of nitrogens with one attached hydrogen (secondary N) is 3. The zero-order chi connectivity index (χ0) is 18.3. The Balaban J connectivity index is 1.83. The molecule has 1 saturated heterocycles. The average molecular weight is 385 g/mol. The molecule has 8 heteroatoms. The SMILES string of the molecule is CN=C(NCc1ccc(CS(=O)(=O)NC)cc1)NCC1(C)CCCS1. The quantitative estimate of drug-likeness (QED) is 0.492. The van der Waals surface area contributed by atoms with Crippen LogP contribution < -0.4 is 15.4 Å². The van der Waals surface area contributed by atoms with E-state index in [0.717, 1.165) is 23.6 Å². The van der Waals surface area contributed by atoms with E-state index in [1.54, 1.807) is 7.05 Å². The average Bonchev–Trinajstić information content (AvgIpc) is 3.03. The van der Waals surface area contributed by atoms with Crippen molar-refractivity contribution >= 4 is 27.7 Å². The van der Waals surface area contributed by atoms with Gasteiger partial charge in [0.1, 0.15) is 0 Å². The summed E-state index contributed by atoms with van der Waals surface area (Å²) in [5.41, 5.74) is 1.85. The van der Waals surface area contributed by atoms with Crippen LogP contribution >= 0.6 is 11.8 Å². The molecule has 0 amide bonds. The lowest BCUT2D eigenvalue weighted by molar-refractivity contribution is 0.584. The lowest BCUT2D eigenvalue weighted by atomic mass is 10.1.